The summed E-state index contributed by atoms with van der Waals surface area (Å²) in [6, 6.07) is 7.28. The number of rotatable bonds is 5. The Kier molecular flexibility index (Phi) is 6.03. The van der Waals surface area contributed by atoms with Crippen LogP contribution in [-0.4, -0.2) is 82.1 Å². The number of likely N-dealkylation sites (N-methyl/N-ethyl adjacent to an activating group) is 2. The molecule has 1 saturated heterocycles. The normalized spacial score (nSPS) is 18.2. The fraction of sp³-hybridized carbons (Fsp3) is 0.529. The van der Waals surface area contributed by atoms with E-state index in [4.69, 9.17) is 4.74 Å². The van der Waals surface area contributed by atoms with Crippen molar-refractivity contribution in [2.45, 2.75) is 6.04 Å². The lowest BCUT2D eigenvalue weighted by Crippen LogP contribution is -2.58. The molecule has 7 heteroatoms. The number of anilines is 1. The summed E-state index contributed by atoms with van der Waals surface area (Å²) in [5.74, 6) is 0.480. The van der Waals surface area contributed by atoms with Gasteiger partial charge in [-0.15, -0.1) is 0 Å². The van der Waals surface area contributed by atoms with Gasteiger partial charge in [0.15, 0.2) is 6.61 Å². The topological polar surface area (TPSA) is 65.1 Å². The zero-order valence-electron chi connectivity index (χ0n) is 14.8. The van der Waals surface area contributed by atoms with Crippen molar-refractivity contribution in [3.05, 3.63) is 24.3 Å². The molecule has 0 spiro atoms. The third kappa shape index (κ3) is 4.38. The first-order valence-electron chi connectivity index (χ1n) is 8.02. The molecule has 1 aromatic carbocycles. The maximum absolute atomic E-state index is 12.4. The molecular formula is C17H26N4O3. The Hall–Kier alpha value is -2.28. The number of carbonyl (C=O) groups is 2. The van der Waals surface area contributed by atoms with Gasteiger partial charge in [0, 0.05) is 52.5 Å². The molecule has 1 fully saturated rings. The quantitative estimate of drug-likeness (QED) is 0.822. The molecule has 24 heavy (non-hydrogen) atoms. The summed E-state index contributed by atoms with van der Waals surface area (Å²) in [5.41, 5.74) is 1.01. The van der Waals surface area contributed by atoms with E-state index in [-0.39, 0.29) is 24.5 Å². The van der Waals surface area contributed by atoms with Crippen LogP contribution in [0, 0.1) is 0 Å². The van der Waals surface area contributed by atoms with Gasteiger partial charge in [0.1, 0.15) is 11.8 Å². The summed E-state index contributed by atoms with van der Waals surface area (Å²) < 4.78 is 5.63. The number of ether oxygens (including phenoxy) is 1. The van der Waals surface area contributed by atoms with Gasteiger partial charge in [0.05, 0.1) is 0 Å². The van der Waals surface area contributed by atoms with E-state index < -0.39 is 0 Å². The Labute approximate surface area is 143 Å². The second-order valence-corrected chi connectivity index (χ2v) is 6.13. The van der Waals surface area contributed by atoms with E-state index in [0.717, 1.165) is 5.69 Å². The van der Waals surface area contributed by atoms with E-state index in [0.29, 0.717) is 25.4 Å². The maximum atomic E-state index is 12.4. The standard InChI is InChI=1S/C17H26N4O3/c1-18-17(23)15-11-21(9-8-20(15)4)16(22)12-24-14-7-5-6-13(10-14)19(2)3/h5-7,10,15H,8-9,11-12H2,1-4H3,(H,18,23)/t15-/m1/s1. The summed E-state index contributed by atoms with van der Waals surface area (Å²) in [5, 5.41) is 2.64. The fourth-order valence-electron chi connectivity index (χ4n) is 2.64. The van der Waals surface area contributed by atoms with Crippen molar-refractivity contribution in [1.82, 2.24) is 15.1 Å². The second-order valence-electron chi connectivity index (χ2n) is 6.13. The Morgan fingerprint density at radius 3 is 2.75 bits per heavy atom. The molecule has 1 atom stereocenters. The highest BCUT2D eigenvalue weighted by molar-refractivity contribution is 5.84. The van der Waals surface area contributed by atoms with Crippen molar-refractivity contribution in [3.63, 3.8) is 0 Å². The van der Waals surface area contributed by atoms with Gasteiger partial charge in [-0.3, -0.25) is 14.5 Å². The van der Waals surface area contributed by atoms with E-state index in [9.17, 15) is 9.59 Å². The monoisotopic (exact) mass is 334 g/mol. The first-order valence-corrected chi connectivity index (χ1v) is 8.02. The Morgan fingerprint density at radius 2 is 2.08 bits per heavy atom. The van der Waals surface area contributed by atoms with Crippen molar-refractivity contribution < 1.29 is 14.3 Å². The van der Waals surface area contributed by atoms with E-state index in [1.807, 2.05) is 55.2 Å². The van der Waals surface area contributed by atoms with Crippen LogP contribution in [0.4, 0.5) is 5.69 Å². The minimum absolute atomic E-state index is 0.0267. The molecule has 1 aliphatic heterocycles. The Balaban J connectivity index is 1.92. The van der Waals surface area contributed by atoms with Gasteiger partial charge in [0.25, 0.3) is 5.91 Å². The zero-order valence-corrected chi connectivity index (χ0v) is 14.8. The van der Waals surface area contributed by atoms with Gasteiger partial charge in [0.2, 0.25) is 5.91 Å². The molecule has 1 aromatic rings. The van der Waals surface area contributed by atoms with Crippen LogP contribution in [0.5, 0.6) is 5.75 Å². The summed E-state index contributed by atoms with van der Waals surface area (Å²) in [7, 11) is 7.41. The fourth-order valence-corrected chi connectivity index (χ4v) is 2.64. The van der Waals surface area contributed by atoms with Crippen LogP contribution in [0.25, 0.3) is 0 Å². The molecule has 0 bridgehead atoms. The maximum Gasteiger partial charge on any atom is 0.260 e. The molecule has 2 rings (SSSR count). The van der Waals surface area contributed by atoms with Crippen LogP contribution in [0.3, 0.4) is 0 Å². The number of nitrogens with one attached hydrogen (secondary N) is 1. The molecule has 1 aliphatic rings. The minimum Gasteiger partial charge on any atom is -0.484 e. The number of benzene rings is 1. The van der Waals surface area contributed by atoms with Gasteiger partial charge >= 0.3 is 0 Å². The van der Waals surface area contributed by atoms with Crippen molar-refractivity contribution in [1.29, 1.82) is 0 Å². The summed E-state index contributed by atoms with van der Waals surface area (Å²) in [6.07, 6.45) is 0. The largest absolute Gasteiger partial charge is 0.484 e. The number of carbonyl (C=O) groups excluding carboxylic acids is 2. The lowest BCUT2D eigenvalue weighted by atomic mass is 10.1. The smallest absolute Gasteiger partial charge is 0.260 e. The average molecular weight is 334 g/mol. The molecule has 0 aliphatic carbocycles. The van der Waals surface area contributed by atoms with E-state index in [1.54, 1.807) is 11.9 Å². The van der Waals surface area contributed by atoms with Crippen LogP contribution in [-0.2, 0) is 9.59 Å². The minimum atomic E-state index is -0.315. The molecule has 1 heterocycles. The van der Waals surface area contributed by atoms with E-state index >= 15 is 0 Å². The lowest BCUT2D eigenvalue weighted by Gasteiger charge is -2.38. The van der Waals surface area contributed by atoms with E-state index in [2.05, 4.69) is 5.32 Å². The number of hydrogen-bond acceptors (Lipinski definition) is 5. The molecule has 0 aromatic heterocycles. The average Bonchev–Trinajstić information content (AvgIpc) is 2.59. The SMILES string of the molecule is CNC(=O)[C@H]1CN(C(=O)COc2cccc(N(C)C)c2)CCN1C. The van der Waals surface area contributed by atoms with Crippen molar-refractivity contribution in [3.8, 4) is 5.75 Å². The molecule has 1 N–H and O–H groups in total. The number of hydrogen-bond donors (Lipinski definition) is 1. The number of nitrogens with zero attached hydrogens (tertiary/aromatic N) is 3. The number of amides is 2. The highest BCUT2D eigenvalue weighted by Crippen LogP contribution is 2.19. The predicted molar refractivity (Wildman–Crippen MR) is 93.3 cm³/mol. The Bertz CT molecular complexity index is 591. The molecular weight excluding hydrogens is 308 g/mol. The van der Waals surface area contributed by atoms with Crippen molar-refractivity contribution in [2.75, 3.05) is 59.3 Å². The summed E-state index contributed by atoms with van der Waals surface area (Å²) >= 11 is 0. The van der Waals surface area contributed by atoms with E-state index in [1.165, 1.54) is 0 Å². The van der Waals surface area contributed by atoms with Gasteiger partial charge in [-0.1, -0.05) is 6.07 Å². The van der Waals surface area contributed by atoms with Crippen LogP contribution >= 0.6 is 0 Å². The number of piperazine rings is 1. The molecule has 0 radical (unpaired) electrons. The second kappa shape index (κ2) is 8.01. The van der Waals surface area contributed by atoms with Gasteiger partial charge in [-0.25, -0.2) is 0 Å². The van der Waals surface area contributed by atoms with Crippen molar-refractivity contribution in [2.24, 2.45) is 0 Å². The van der Waals surface area contributed by atoms with Crippen LogP contribution in [0.15, 0.2) is 24.3 Å². The van der Waals surface area contributed by atoms with Gasteiger partial charge in [-0.2, -0.15) is 0 Å². The van der Waals surface area contributed by atoms with Crippen LogP contribution < -0.4 is 15.0 Å². The molecule has 0 saturated carbocycles. The third-order valence-electron chi connectivity index (χ3n) is 4.25. The summed E-state index contributed by atoms with van der Waals surface area (Å²) in [4.78, 5) is 29.9. The summed E-state index contributed by atoms with van der Waals surface area (Å²) in [6.45, 7) is 1.63. The lowest BCUT2D eigenvalue weighted by molar-refractivity contribution is -0.139. The van der Waals surface area contributed by atoms with Crippen molar-refractivity contribution >= 4 is 17.5 Å². The molecule has 132 valence electrons. The predicted octanol–water partition coefficient (Wildman–Crippen LogP) is 0.0200. The Morgan fingerprint density at radius 1 is 1.33 bits per heavy atom. The zero-order chi connectivity index (χ0) is 17.7. The highest BCUT2D eigenvalue weighted by Gasteiger charge is 2.31. The van der Waals surface area contributed by atoms with Crippen LogP contribution in [0.2, 0.25) is 0 Å². The highest BCUT2D eigenvalue weighted by atomic mass is 16.5. The first kappa shape index (κ1) is 18.1. The first-order chi connectivity index (χ1) is 11.4. The van der Waals surface area contributed by atoms with Gasteiger partial charge in [-0.05, 0) is 19.2 Å². The molecule has 7 nitrogen and oxygen atoms in total. The third-order valence-corrected chi connectivity index (χ3v) is 4.25. The van der Waals surface area contributed by atoms with Crippen LogP contribution in [0.1, 0.15) is 0 Å². The molecule has 0 unspecified atom stereocenters. The molecule has 2 amide bonds. The van der Waals surface area contributed by atoms with Gasteiger partial charge < -0.3 is 19.9 Å².